The molecule has 176 valence electrons. The molecule has 2 atom stereocenters. The van der Waals surface area contributed by atoms with E-state index in [9.17, 15) is 9.59 Å². The number of aromatic nitrogens is 1. The summed E-state index contributed by atoms with van der Waals surface area (Å²) in [5, 5.41) is 1.19. The van der Waals surface area contributed by atoms with Crippen molar-refractivity contribution in [1.29, 1.82) is 0 Å². The van der Waals surface area contributed by atoms with Gasteiger partial charge in [-0.05, 0) is 60.9 Å². The first-order valence-electron chi connectivity index (χ1n) is 12.4. The van der Waals surface area contributed by atoms with Crippen LogP contribution in [0, 0.1) is 22.7 Å². The monoisotopic (exact) mass is 447 g/mol. The lowest BCUT2D eigenvalue weighted by molar-refractivity contribution is -0.134. The van der Waals surface area contributed by atoms with Gasteiger partial charge < -0.3 is 4.90 Å². The molecule has 5 rings (SSSR count). The molecule has 1 aromatic carbocycles. The Hall–Kier alpha value is -2.40. The highest BCUT2D eigenvalue weighted by molar-refractivity contribution is 6.04. The summed E-state index contributed by atoms with van der Waals surface area (Å²) in [6, 6.07) is 6.55. The van der Waals surface area contributed by atoms with Gasteiger partial charge in [0.2, 0.25) is 11.8 Å². The van der Waals surface area contributed by atoms with Crippen molar-refractivity contribution in [3.63, 3.8) is 0 Å². The van der Waals surface area contributed by atoms with Crippen molar-refractivity contribution in [1.82, 2.24) is 14.4 Å². The van der Waals surface area contributed by atoms with E-state index in [1.54, 1.807) is 0 Å². The standard InChI is InChI=1S/C28H37N3O2/c1-8-30(9-2)25(32)18-13-20-19-11-10-12-21-23(19)17(14-22(20)29(7)15-18)16-31(21)26(33)24-27(3,4)28(24,5)6/h10-13,16,18,22,24H,8-9,14-15H2,1-7H3/t18-,22-/m1/s1. The van der Waals surface area contributed by atoms with Gasteiger partial charge in [0.25, 0.3) is 0 Å². The van der Waals surface area contributed by atoms with Crippen molar-refractivity contribution in [3.8, 4) is 0 Å². The molecule has 0 bridgehead atoms. The third-order valence-corrected chi connectivity index (χ3v) is 9.29. The molecule has 0 N–H and O–H groups in total. The van der Waals surface area contributed by atoms with E-state index >= 15 is 0 Å². The summed E-state index contributed by atoms with van der Waals surface area (Å²) in [5.74, 6) is 0.315. The van der Waals surface area contributed by atoms with Crippen LogP contribution in [0.15, 0.2) is 30.5 Å². The molecule has 1 saturated carbocycles. The van der Waals surface area contributed by atoms with E-state index in [1.165, 1.54) is 22.1 Å². The average molecular weight is 448 g/mol. The molecule has 5 nitrogen and oxygen atoms in total. The van der Waals surface area contributed by atoms with Gasteiger partial charge in [0.05, 0.1) is 17.4 Å². The van der Waals surface area contributed by atoms with Crippen LogP contribution >= 0.6 is 0 Å². The number of hydrogen-bond donors (Lipinski definition) is 0. The van der Waals surface area contributed by atoms with Crippen LogP contribution in [0.5, 0.6) is 0 Å². The van der Waals surface area contributed by atoms with Crippen molar-refractivity contribution >= 4 is 28.3 Å². The smallest absolute Gasteiger partial charge is 0.235 e. The SMILES string of the molecule is CCN(CC)C(=O)[C@@H]1C=C2c3cccc4c3c(cn4C(=O)C3C(C)(C)C3(C)C)C[C@H]2N(C)C1. The van der Waals surface area contributed by atoms with Crippen molar-refractivity contribution in [3.05, 3.63) is 41.6 Å². The van der Waals surface area contributed by atoms with Crippen LogP contribution in [0.4, 0.5) is 0 Å². The van der Waals surface area contributed by atoms with Crippen LogP contribution in [0.1, 0.15) is 57.5 Å². The van der Waals surface area contributed by atoms with Crippen molar-refractivity contribution in [2.24, 2.45) is 22.7 Å². The Morgan fingerprint density at radius 3 is 2.36 bits per heavy atom. The highest BCUT2D eigenvalue weighted by atomic mass is 16.2. The zero-order valence-electron chi connectivity index (χ0n) is 21.1. The van der Waals surface area contributed by atoms with Gasteiger partial charge >= 0.3 is 0 Å². The van der Waals surface area contributed by atoms with Gasteiger partial charge in [0, 0.05) is 37.3 Å². The van der Waals surface area contributed by atoms with Crippen molar-refractivity contribution < 1.29 is 9.59 Å². The summed E-state index contributed by atoms with van der Waals surface area (Å²) < 4.78 is 1.92. The molecule has 33 heavy (non-hydrogen) atoms. The van der Waals surface area contributed by atoms with Gasteiger partial charge in [0.1, 0.15) is 0 Å². The lowest BCUT2D eigenvalue weighted by Gasteiger charge is -2.40. The molecular weight excluding hydrogens is 410 g/mol. The van der Waals surface area contributed by atoms with Crippen LogP contribution in [0.2, 0.25) is 0 Å². The fourth-order valence-electron chi connectivity index (χ4n) is 6.62. The normalized spacial score (nSPS) is 25.5. The number of rotatable bonds is 4. The molecule has 1 aliphatic heterocycles. The second-order valence-electron chi connectivity index (χ2n) is 11.3. The number of fused-ring (bicyclic) bond motifs is 2. The lowest BCUT2D eigenvalue weighted by Crippen LogP contribution is -2.47. The van der Waals surface area contributed by atoms with Gasteiger partial charge in [-0.2, -0.15) is 0 Å². The summed E-state index contributed by atoms with van der Waals surface area (Å²) in [6.07, 6.45) is 5.19. The second-order valence-corrected chi connectivity index (χ2v) is 11.3. The number of hydrogen-bond acceptors (Lipinski definition) is 3. The summed E-state index contributed by atoms with van der Waals surface area (Å²) in [6.45, 7) is 15.1. The Kier molecular flexibility index (Phi) is 4.95. The number of carbonyl (C=O) groups excluding carboxylic acids is 2. The number of likely N-dealkylation sites (N-methyl/N-ethyl adjacent to an activating group) is 1. The Labute approximate surface area is 197 Å². The van der Waals surface area contributed by atoms with E-state index < -0.39 is 0 Å². The summed E-state index contributed by atoms with van der Waals surface area (Å²) in [5.41, 5.74) is 4.69. The molecule has 1 aromatic heterocycles. The van der Waals surface area contributed by atoms with Gasteiger partial charge in [-0.25, -0.2) is 0 Å². The zero-order chi connectivity index (χ0) is 23.9. The molecule has 0 spiro atoms. The minimum atomic E-state index is -0.130. The predicted molar refractivity (Wildman–Crippen MR) is 133 cm³/mol. The topological polar surface area (TPSA) is 45.6 Å². The Morgan fingerprint density at radius 2 is 1.76 bits per heavy atom. The number of carbonyl (C=O) groups is 2. The highest BCUT2D eigenvalue weighted by Crippen LogP contribution is 2.68. The Balaban J connectivity index is 1.59. The molecule has 1 amide bonds. The van der Waals surface area contributed by atoms with E-state index in [2.05, 4.69) is 70.1 Å². The third-order valence-electron chi connectivity index (χ3n) is 9.29. The first kappa shape index (κ1) is 22.4. The maximum Gasteiger partial charge on any atom is 0.235 e. The molecule has 0 radical (unpaired) electrons. The minimum Gasteiger partial charge on any atom is -0.343 e. The highest BCUT2D eigenvalue weighted by Gasteiger charge is 2.68. The van der Waals surface area contributed by atoms with Crippen LogP contribution in [-0.4, -0.2) is 58.9 Å². The number of nitrogens with zero attached hydrogens (tertiary/aromatic N) is 3. The quantitative estimate of drug-likeness (QED) is 0.682. The van der Waals surface area contributed by atoms with E-state index in [4.69, 9.17) is 0 Å². The van der Waals surface area contributed by atoms with E-state index in [-0.39, 0.29) is 40.5 Å². The molecule has 5 heteroatoms. The van der Waals surface area contributed by atoms with E-state index in [0.717, 1.165) is 31.6 Å². The van der Waals surface area contributed by atoms with Crippen LogP contribution in [0.25, 0.3) is 16.5 Å². The maximum absolute atomic E-state index is 13.7. The summed E-state index contributed by atoms with van der Waals surface area (Å²) in [7, 11) is 2.13. The van der Waals surface area contributed by atoms with E-state index in [1.807, 2.05) is 23.3 Å². The first-order chi connectivity index (χ1) is 15.5. The fourth-order valence-corrected chi connectivity index (χ4v) is 6.62. The lowest BCUT2D eigenvalue weighted by atomic mass is 9.79. The molecule has 1 fully saturated rings. The predicted octanol–water partition coefficient (Wildman–Crippen LogP) is 4.70. The van der Waals surface area contributed by atoms with Gasteiger partial charge in [-0.3, -0.25) is 19.1 Å². The number of benzene rings is 1. The second kappa shape index (κ2) is 7.30. The molecule has 0 saturated heterocycles. The van der Waals surface area contributed by atoms with Gasteiger partial charge in [-0.15, -0.1) is 0 Å². The Morgan fingerprint density at radius 1 is 1.09 bits per heavy atom. The van der Waals surface area contributed by atoms with Gasteiger partial charge in [-0.1, -0.05) is 45.9 Å². The zero-order valence-corrected chi connectivity index (χ0v) is 21.1. The van der Waals surface area contributed by atoms with Crippen LogP contribution in [-0.2, 0) is 11.2 Å². The van der Waals surface area contributed by atoms with Gasteiger partial charge in [0.15, 0.2) is 0 Å². The van der Waals surface area contributed by atoms with Crippen molar-refractivity contribution in [2.45, 2.75) is 54.0 Å². The molecule has 3 aliphatic rings. The largest absolute Gasteiger partial charge is 0.343 e. The van der Waals surface area contributed by atoms with E-state index in [0.29, 0.717) is 0 Å². The molecule has 0 unspecified atom stereocenters. The third kappa shape index (κ3) is 3.01. The summed E-state index contributed by atoms with van der Waals surface area (Å²) >= 11 is 0. The maximum atomic E-state index is 13.7. The van der Waals surface area contributed by atoms with Crippen LogP contribution in [0.3, 0.4) is 0 Å². The number of amides is 1. The molecule has 2 aromatic rings. The minimum absolute atomic E-state index is 0.00732. The molecule has 2 aliphatic carbocycles. The summed E-state index contributed by atoms with van der Waals surface area (Å²) in [4.78, 5) is 31.1. The molecule has 2 heterocycles. The van der Waals surface area contributed by atoms with Crippen molar-refractivity contribution in [2.75, 3.05) is 26.7 Å². The fraction of sp³-hybridized carbons (Fsp3) is 0.571. The van der Waals surface area contributed by atoms with Crippen LogP contribution < -0.4 is 0 Å². The first-order valence-corrected chi connectivity index (χ1v) is 12.4. The average Bonchev–Trinajstić information content (AvgIpc) is 3.03. The Bertz CT molecular complexity index is 1170. The molecular formula is C28H37N3O2.